The van der Waals surface area contributed by atoms with Gasteiger partial charge in [0.2, 0.25) is 0 Å². The van der Waals surface area contributed by atoms with E-state index in [4.69, 9.17) is 20.8 Å². The Morgan fingerprint density at radius 2 is 1.96 bits per heavy atom. The third-order valence-corrected chi connectivity index (χ3v) is 10.2. The monoisotopic (exact) mass is 350 g/mol. The van der Waals surface area contributed by atoms with Crippen LogP contribution in [0.15, 0.2) is 28.7 Å². The van der Waals surface area contributed by atoms with Gasteiger partial charge in [-0.1, -0.05) is 45.5 Å². The minimum Gasteiger partial charge on any atom is -0.466 e. The van der Waals surface area contributed by atoms with Crippen LogP contribution in [0.2, 0.25) is 23.2 Å². The number of carbonyl (C=O) groups excluding carboxylic acids is 1. The molecule has 1 aromatic heterocycles. The van der Waals surface area contributed by atoms with E-state index >= 15 is 0 Å². The van der Waals surface area contributed by atoms with Gasteiger partial charge in [-0.05, 0) is 29.3 Å². The summed E-state index contributed by atoms with van der Waals surface area (Å²) in [7, 11) is -0.555. The van der Waals surface area contributed by atoms with Gasteiger partial charge in [-0.3, -0.25) is 0 Å². The van der Waals surface area contributed by atoms with Crippen molar-refractivity contribution in [1.29, 1.82) is 0 Å². The quantitative estimate of drug-likeness (QED) is 0.445. The van der Waals surface area contributed by atoms with Gasteiger partial charge in [0.05, 0.1) is 12.5 Å². The van der Waals surface area contributed by atoms with Crippen LogP contribution < -0.4 is 5.38 Å². The number of ether oxygens (including phenoxy) is 1. The van der Waals surface area contributed by atoms with Crippen LogP contribution in [0.3, 0.4) is 0 Å². The second-order valence-corrected chi connectivity index (χ2v) is 12.9. The molecule has 0 N–H and O–H groups in total. The highest BCUT2D eigenvalue weighted by molar-refractivity contribution is 6.91. The molecule has 1 heterocycles. The van der Waals surface area contributed by atoms with Crippen molar-refractivity contribution < 1.29 is 13.9 Å². The van der Waals surface area contributed by atoms with Crippen LogP contribution >= 0.6 is 11.6 Å². The molecule has 0 fully saturated rings. The molecule has 0 bridgehead atoms. The maximum absolute atomic E-state index is 11.5. The molecule has 2 rings (SSSR count). The van der Waals surface area contributed by atoms with Crippen LogP contribution in [-0.4, -0.2) is 21.2 Å². The van der Waals surface area contributed by atoms with Crippen LogP contribution in [0.1, 0.15) is 26.3 Å². The lowest BCUT2D eigenvalue weighted by molar-refractivity contribution is -0.134. The van der Waals surface area contributed by atoms with Crippen molar-refractivity contribution in [2.75, 3.05) is 7.11 Å². The predicted octanol–water partition coefficient (Wildman–Crippen LogP) is 4.99. The highest BCUT2D eigenvalue weighted by Crippen LogP contribution is 2.38. The van der Waals surface area contributed by atoms with Gasteiger partial charge in [-0.15, -0.1) is 0 Å². The Balaban J connectivity index is 2.73. The summed E-state index contributed by atoms with van der Waals surface area (Å²) in [6, 6.07) is 5.58. The molecule has 0 aliphatic rings. The molecule has 124 valence electrons. The number of hydrogen-bond acceptors (Lipinski definition) is 3. The molecular formula is C18H23ClO3Si. The number of carbonyl (C=O) groups is 1. The Morgan fingerprint density at radius 1 is 1.30 bits per heavy atom. The molecule has 0 atom stereocenters. The van der Waals surface area contributed by atoms with Gasteiger partial charge in [0.15, 0.2) is 0 Å². The molecule has 0 radical (unpaired) electrons. The normalized spacial score (nSPS) is 13.0. The molecule has 0 spiro atoms. The van der Waals surface area contributed by atoms with Crippen molar-refractivity contribution in [2.24, 2.45) is 0 Å². The third-order valence-electron chi connectivity index (χ3n) is 4.72. The molecule has 2 aromatic rings. The van der Waals surface area contributed by atoms with Crippen molar-refractivity contribution in [3.05, 3.63) is 34.9 Å². The van der Waals surface area contributed by atoms with E-state index < -0.39 is 8.07 Å². The Kier molecular flexibility index (Phi) is 4.78. The van der Waals surface area contributed by atoms with Gasteiger partial charge in [-0.25, -0.2) is 4.79 Å². The molecule has 0 aliphatic heterocycles. The van der Waals surface area contributed by atoms with E-state index in [-0.39, 0.29) is 11.0 Å². The van der Waals surface area contributed by atoms with Crippen molar-refractivity contribution in [3.8, 4) is 0 Å². The number of methoxy groups -OCH3 is 1. The standard InChI is InChI=1S/C18H23ClO3Si/c1-18(2,3)23(5,6)17-13(8-10-16(20)21-4)14-11-12(19)7-9-15(14)22-17/h7-11H,1-6H3/b10-8+. The number of hydrogen-bond donors (Lipinski definition) is 0. The lowest BCUT2D eigenvalue weighted by atomic mass is 10.1. The zero-order valence-corrected chi connectivity index (χ0v) is 16.2. The summed E-state index contributed by atoms with van der Waals surface area (Å²) < 4.78 is 10.9. The number of furan rings is 1. The lowest BCUT2D eigenvalue weighted by Crippen LogP contribution is -2.49. The SMILES string of the molecule is COC(=O)/C=C/c1c([Si](C)(C)C(C)(C)C)oc2ccc(Cl)cc12. The fourth-order valence-corrected chi connectivity index (χ4v) is 4.39. The summed E-state index contributed by atoms with van der Waals surface area (Å²) in [5.41, 5.74) is 1.72. The zero-order valence-electron chi connectivity index (χ0n) is 14.5. The van der Waals surface area contributed by atoms with Crippen LogP contribution in [0.4, 0.5) is 0 Å². The molecule has 0 aliphatic carbocycles. The van der Waals surface area contributed by atoms with E-state index in [9.17, 15) is 4.79 Å². The highest BCUT2D eigenvalue weighted by Gasteiger charge is 2.41. The minimum atomic E-state index is -1.92. The summed E-state index contributed by atoms with van der Waals surface area (Å²) in [6.45, 7) is 11.2. The lowest BCUT2D eigenvalue weighted by Gasteiger charge is -2.35. The van der Waals surface area contributed by atoms with Gasteiger partial charge >= 0.3 is 5.97 Å². The van der Waals surface area contributed by atoms with E-state index in [1.807, 2.05) is 18.2 Å². The first-order valence-electron chi connectivity index (χ1n) is 7.56. The van der Waals surface area contributed by atoms with E-state index in [1.165, 1.54) is 13.2 Å². The Bertz CT molecular complexity index is 766. The molecule has 23 heavy (non-hydrogen) atoms. The van der Waals surface area contributed by atoms with Crippen molar-refractivity contribution in [2.45, 2.75) is 38.9 Å². The number of rotatable bonds is 3. The average Bonchev–Trinajstić information content (AvgIpc) is 2.82. The largest absolute Gasteiger partial charge is 0.466 e. The fraction of sp³-hybridized carbons (Fsp3) is 0.389. The van der Waals surface area contributed by atoms with E-state index in [2.05, 4.69) is 33.9 Å². The van der Waals surface area contributed by atoms with Crippen molar-refractivity contribution in [3.63, 3.8) is 0 Å². The van der Waals surface area contributed by atoms with Crippen molar-refractivity contribution >= 4 is 48.1 Å². The second-order valence-electron chi connectivity index (χ2n) is 7.22. The van der Waals surface area contributed by atoms with Gasteiger partial charge in [0.25, 0.3) is 0 Å². The van der Waals surface area contributed by atoms with E-state index in [0.29, 0.717) is 5.02 Å². The second kappa shape index (κ2) is 6.17. The Hall–Kier alpha value is -1.52. The van der Waals surface area contributed by atoms with Gasteiger partial charge in [-0.2, -0.15) is 0 Å². The average molecular weight is 351 g/mol. The molecular weight excluding hydrogens is 328 g/mol. The molecule has 3 nitrogen and oxygen atoms in total. The maximum atomic E-state index is 11.5. The Labute approximate surface area is 143 Å². The topological polar surface area (TPSA) is 39.4 Å². The fourth-order valence-electron chi connectivity index (χ4n) is 2.28. The summed E-state index contributed by atoms with van der Waals surface area (Å²) in [6.07, 6.45) is 3.21. The first kappa shape index (κ1) is 17.8. The predicted molar refractivity (Wildman–Crippen MR) is 99.1 cm³/mol. The molecule has 0 saturated carbocycles. The summed E-state index contributed by atoms with van der Waals surface area (Å²) in [5.74, 6) is -0.387. The van der Waals surface area contributed by atoms with E-state index in [1.54, 1.807) is 6.08 Å². The minimum absolute atomic E-state index is 0.110. The first-order chi connectivity index (χ1) is 10.6. The zero-order chi connectivity index (χ0) is 17.4. The van der Waals surface area contributed by atoms with Crippen molar-refractivity contribution in [1.82, 2.24) is 0 Å². The molecule has 0 saturated heterocycles. The molecule has 1 aromatic carbocycles. The number of fused-ring (bicyclic) bond motifs is 1. The van der Waals surface area contributed by atoms with Gasteiger partial charge in [0.1, 0.15) is 13.7 Å². The van der Waals surface area contributed by atoms with Gasteiger partial charge in [0, 0.05) is 22.0 Å². The molecule has 5 heteroatoms. The van der Waals surface area contributed by atoms with Crippen LogP contribution in [-0.2, 0) is 9.53 Å². The summed E-state index contributed by atoms with van der Waals surface area (Å²) in [5, 5.41) is 2.66. The van der Waals surface area contributed by atoms with Gasteiger partial charge < -0.3 is 9.15 Å². The summed E-state index contributed by atoms with van der Waals surface area (Å²) >= 11 is 6.15. The van der Waals surface area contributed by atoms with E-state index in [0.717, 1.165) is 21.9 Å². The molecule has 0 unspecified atom stereocenters. The first-order valence-corrected chi connectivity index (χ1v) is 10.9. The van der Waals surface area contributed by atoms with Crippen LogP contribution in [0, 0.1) is 0 Å². The molecule has 0 amide bonds. The Morgan fingerprint density at radius 3 is 2.52 bits per heavy atom. The number of esters is 1. The number of halogens is 1. The summed E-state index contributed by atoms with van der Waals surface area (Å²) in [4.78, 5) is 11.5. The number of benzene rings is 1. The smallest absolute Gasteiger partial charge is 0.330 e. The maximum Gasteiger partial charge on any atom is 0.330 e. The van der Waals surface area contributed by atoms with Crippen LogP contribution in [0.5, 0.6) is 0 Å². The third kappa shape index (κ3) is 3.38. The van der Waals surface area contributed by atoms with Crippen LogP contribution in [0.25, 0.3) is 17.0 Å². The highest BCUT2D eigenvalue weighted by atomic mass is 35.5.